The number of para-hydroxylation sites is 1. The summed E-state index contributed by atoms with van der Waals surface area (Å²) >= 11 is 0. The molecular weight excluding hydrogens is 346 g/mol. The lowest BCUT2D eigenvalue weighted by atomic mass is 10.1. The van der Waals surface area contributed by atoms with Gasteiger partial charge in [0.05, 0.1) is 12.7 Å². The van der Waals surface area contributed by atoms with Gasteiger partial charge in [-0.3, -0.25) is 4.79 Å². The van der Waals surface area contributed by atoms with E-state index < -0.39 is 0 Å². The summed E-state index contributed by atoms with van der Waals surface area (Å²) in [6.07, 6.45) is 0.723. The van der Waals surface area contributed by atoms with Crippen LogP contribution >= 0.6 is 0 Å². The topological polar surface area (TPSA) is 86.5 Å². The number of carbonyl (C=O) groups is 1. The van der Waals surface area contributed by atoms with Crippen LogP contribution in [0.3, 0.4) is 0 Å². The number of rotatable bonds is 8. The van der Waals surface area contributed by atoms with Crippen LogP contribution in [-0.4, -0.2) is 29.7 Å². The van der Waals surface area contributed by atoms with Crippen LogP contribution in [0.5, 0.6) is 11.5 Å². The van der Waals surface area contributed by atoms with Gasteiger partial charge in [0, 0.05) is 13.5 Å². The molecule has 0 fully saturated rings. The zero-order chi connectivity index (χ0) is 19.1. The Hall–Kier alpha value is -3.35. The Kier molecular flexibility index (Phi) is 6.04. The molecule has 0 unspecified atom stereocenters. The monoisotopic (exact) mass is 367 g/mol. The maximum absolute atomic E-state index is 12.5. The van der Waals surface area contributed by atoms with E-state index in [0.717, 1.165) is 17.7 Å². The van der Waals surface area contributed by atoms with Crippen molar-refractivity contribution in [2.75, 3.05) is 13.7 Å². The van der Waals surface area contributed by atoms with Crippen LogP contribution in [-0.2, 0) is 13.0 Å². The number of ether oxygens (including phenoxy) is 2. The Morgan fingerprint density at radius 3 is 2.63 bits per heavy atom. The van der Waals surface area contributed by atoms with Gasteiger partial charge < -0.3 is 19.3 Å². The minimum absolute atomic E-state index is 0.132. The van der Waals surface area contributed by atoms with Crippen molar-refractivity contribution in [1.82, 2.24) is 15.5 Å². The van der Waals surface area contributed by atoms with Crippen molar-refractivity contribution in [2.24, 2.45) is 0 Å². The van der Waals surface area contributed by atoms with Crippen molar-refractivity contribution < 1.29 is 18.8 Å². The highest BCUT2D eigenvalue weighted by atomic mass is 16.5. The second kappa shape index (κ2) is 8.84. The number of nitrogens with zero attached hydrogens (tertiary/aromatic N) is 2. The fraction of sp³-hybridized carbons (Fsp3) is 0.250. The normalized spacial score (nSPS) is 10.4. The second-order valence-electron chi connectivity index (χ2n) is 5.87. The third-order valence-corrected chi connectivity index (χ3v) is 3.92. The highest BCUT2D eigenvalue weighted by molar-refractivity contribution is 5.96. The Bertz CT molecular complexity index is 890. The lowest BCUT2D eigenvalue weighted by molar-refractivity contribution is 0.0949. The van der Waals surface area contributed by atoms with Crippen molar-refractivity contribution in [3.8, 4) is 11.5 Å². The smallest absolute Gasteiger partial charge is 0.255 e. The Balaban J connectivity index is 1.55. The molecule has 1 N–H and O–H groups in total. The summed E-state index contributed by atoms with van der Waals surface area (Å²) in [5.74, 6) is 2.00. The lowest BCUT2D eigenvalue weighted by Crippen LogP contribution is -2.26. The lowest BCUT2D eigenvalue weighted by Gasteiger charge is -2.11. The first-order valence-corrected chi connectivity index (χ1v) is 8.58. The number of benzene rings is 2. The molecule has 3 rings (SSSR count). The van der Waals surface area contributed by atoms with Gasteiger partial charge in [-0.1, -0.05) is 29.4 Å². The van der Waals surface area contributed by atoms with E-state index in [9.17, 15) is 4.79 Å². The third kappa shape index (κ3) is 5.07. The van der Waals surface area contributed by atoms with Gasteiger partial charge in [-0.2, -0.15) is 4.98 Å². The molecule has 7 heteroatoms. The van der Waals surface area contributed by atoms with Crippen LogP contribution in [0.25, 0.3) is 0 Å². The summed E-state index contributed by atoms with van der Waals surface area (Å²) in [5.41, 5.74) is 1.58. The number of aryl methyl sites for hydroxylation is 1. The van der Waals surface area contributed by atoms with E-state index in [-0.39, 0.29) is 12.5 Å². The van der Waals surface area contributed by atoms with Crippen LogP contribution in [0.4, 0.5) is 0 Å². The minimum Gasteiger partial charge on any atom is -0.497 e. The highest BCUT2D eigenvalue weighted by Gasteiger charge is 2.13. The van der Waals surface area contributed by atoms with E-state index in [2.05, 4.69) is 15.5 Å². The predicted octanol–water partition coefficient (Wildman–Crippen LogP) is 2.94. The van der Waals surface area contributed by atoms with Gasteiger partial charge in [-0.05, 0) is 36.2 Å². The summed E-state index contributed by atoms with van der Waals surface area (Å²) < 4.78 is 15.7. The molecule has 0 radical (unpaired) electrons. The van der Waals surface area contributed by atoms with E-state index in [1.165, 1.54) is 0 Å². The van der Waals surface area contributed by atoms with E-state index in [4.69, 9.17) is 14.0 Å². The second-order valence-corrected chi connectivity index (χ2v) is 5.87. The molecule has 7 nitrogen and oxygen atoms in total. The molecule has 1 aromatic heterocycles. The zero-order valence-corrected chi connectivity index (χ0v) is 15.3. The molecule has 0 aliphatic carbocycles. The third-order valence-electron chi connectivity index (χ3n) is 3.92. The molecule has 0 aliphatic rings. The number of hydrogen-bond acceptors (Lipinski definition) is 6. The van der Waals surface area contributed by atoms with Crippen molar-refractivity contribution in [1.29, 1.82) is 0 Å². The summed E-state index contributed by atoms with van der Waals surface area (Å²) in [7, 11) is 1.63. The highest BCUT2D eigenvalue weighted by Crippen LogP contribution is 2.19. The van der Waals surface area contributed by atoms with Crippen LogP contribution in [0.2, 0.25) is 0 Å². The first-order valence-electron chi connectivity index (χ1n) is 8.58. The quantitative estimate of drug-likeness (QED) is 0.659. The number of nitrogens with one attached hydrogen (secondary N) is 1. The molecule has 0 saturated heterocycles. The van der Waals surface area contributed by atoms with Gasteiger partial charge in [0.2, 0.25) is 11.7 Å². The average Bonchev–Trinajstić information content (AvgIpc) is 3.12. The number of hydrogen-bond donors (Lipinski definition) is 1. The van der Waals surface area contributed by atoms with E-state index in [1.807, 2.05) is 30.3 Å². The molecule has 3 aromatic rings. The molecule has 0 atom stereocenters. The first kappa shape index (κ1) is 18.4. The molecule has 0 aliphatic heterocycles. The summed E-state index contributed by atoms with van der Waals surface area (Å²) in [6, 6.07) is 14.8. The average molecular weight is 367 g/mol. The van der Waals surface area contributed by atoms with Gasteiger partial charge in [0.1, 0.15) is 11.5 Å². The van der Waals surface area contributed by atoms with Gasteiger partial charge >= 0.3 is 0 Å². The van der Waals surface area contributed by atoms with Crippen LogP contribution in [0, 0.1) is 6.92 Å². The molecular formula is C20H21N3O4. The van der Waals surface area contributed by atoms with Crippen molar-refractivity contribution in [3.63, 3.8) is 0 Å². The molecule has 2 aromatic carbocycles. The first-order chi connectivity index (χ1) is 13.2. The number of carbonyl (C=O) groups excluding carboxylic acids is 1. The molecule has 1 amide bonds. The molecule has 1 heterocycles. The predicted molar refractivity (Wildman–Crippen MR) is 98.8 cm³/mol. The van der Waals surface area contributed by atoms with Gasteiger partial charge in [0.25, 0.3) is 5.91 Å². The van der Waals surface area contributed by atoms with Crippen LogP contribution in [0.1, 0.15) is 27.6 Å². The summed E-state index contributed by atoms with van der Waals surface area (Å²) in [4.78, 5) is 16.6. The van der Waals surface area contributed by atoms with Crippen LogP contribution < -0.4 is 14.8 Å². The van der Waals surface area contributed by atoms with Crippen molar-refractivity contribution >= 4 is 5.91 Å². The van der Waals surface area contributed by atoms with E-state index in [0.29, 0.717) is 29.6 Å². The SMILES string of the molecule is COc1ccc(CCNC(=O)c2ccccc2OCc2noc(C)n2)cc1. The maximum Gasteiger partial charge on any atom is 0.255 e. The Labute approximate surface area is 157 Å². The molecule has 140 valence electrons. The van der Waals surface area contributed by atoms with Crippen molar-refractivity contribution in [3.05, 3.63) is 71.4 Å². The van der Waals surface area contributed by atoms with Gasteiger partial charge in [-0.25, -0.2) is 0 Å². The van der Waals surface area contributed by atoms with Crippen LogP contribution in [0.15, 0.2) is 53.1 Å². The standard InChI is InChI=1S/C20H21N3O4/c1-14-22-19(23-27-14)13-26-18-6-4-3-5-17(18)20(24)21-12-11-15-7-9-16(25-2)10-8-15/h3-10H,11-13H2,1-2H3,(H,21,24). The number of aromatic nitrogens is 2. The van der Waals surface area contributed by atoms with E-state index >= 15 is 0 Å². The fourth-order valence-corrected chi connectivity index (χ4v) is 2.53. The zero-order valence-electron chi connectivity index (χ0n) is 15.3. The summed E-state index contributed by atoms with van der Waals surface area (Å²) in [6.45, 7) is 2.36. The number of amides is 1. The molecule has 0 spiro atoms. The molecule has 0 saturated carbocycles. The summed E-state index contributed by atoms with van der Waals surface area (Å²) in [5, 5.41) is 6.70. The maximum atomic E-state index is 12.5. The molecule has 0 bridgehead atoms. The Morgan fingerprint density at radius 1 is 1.15 bits per heavy atom. The largest absolute Gasteiger partial charge is 0.497 e. The van der Waals surface area contributed by atoms with E-state index in [1.54, 1.807) is 32.2 Å². The van der Waals surface area contributed by atoms with Gasteiger partial charge in [-0.15, -0.1) is 0 Å². The Morgan fingerprint density at radius 2 is 1.93 bits per heavy atom. The van der Waals surface area contributed by atoms with Gasteiger partial charge in [0.15, 0.2) is 6.61 Å². The number of methoxy groups -OCH3 is 1. The fourth-order valence-electron chi connectivity index (χ4n) is 2.53. The molecule has 27 heavy (non-hydrogen) atoms. The minimum atomic E-state index is -0.191. The van der Waals surface area contributed by atoms with Crippen molar-refractivity contribution in [2.45, 2.75) is 20.0 Å².